The fraction of sp³-hybridized carbons (Fsp3) is 0.619. The molecule has 0 aliphatic heterocycles. The molecule has 0 aromatic rings. The lowest BCUT2D eigenvalue weighted by atomic mass is 9.89. The van der Waals surface area contributed by atoms with Crippen LogP contribution in [0.5, 0.6) is 0 Å². The zero-order chi connectivity index (χ0) is 20.3. The monoisotopic (exact) mass is 380 g/mol. The summed E-state index contributed by atoms with van der Waals surface area (Å²) in [6.07, 6.45) is 5.91. The van der Waals surface area contributed by atoms with Gasteiger partial charge in [0.1, 0.15) is 0 Å². The van der Waals surface area contributed by atoms with E-state index in [1.165, 1.54) is 25.9 Å². The number of carbonyl (C=O) groups excluding carboxylic acids is 2. The van der Waals surface area contributed by atoms with Crippen LogP contribution in [0.15, 0.2) is 34.1 Å². The van der Waals surface area contributed by atoms with Gasteiger partial charge in [0, 0.05) is 6.08 Å². The number of rotatable bonds is 10. The molecule has 0 fully saturated rings. The van der Waals surface area contributed by atoms with Gasteiger partial charge in [0.2, 0.25) is 0 Å². The van der Waals surface area contributed by atoms with Gasteiger partial charge in [-0.3, -0.25) is 0 Å². The Kier molecular flexibility index (Phi) is 11.1. The van der Waals surface area contributed by atoms with E-state index in [1.807, 2.05) is 6.92 Å². The summed E-state index contributed by atoms with van der Waals surface area (Å²) in [7, 11) is 1.20. The molecule has 0 aliphatic carbocycles. The van der Waals surface area contributed by atoms with Gasteiger partial charge < -0.3 is 9.47 Å². The smallest absolute Gasteiger partial charge is 0.338 e. The van der Waals surface area contributed by atoms with Crippen molar-refractivity contribution in [3.05, 3.63) is 34.1 Å². The van der Waals surface area contributed by atoms with Crippen LogP contribution < -0.4 is 0 Å². The van der Waals surface area contributed by atoms with E-state index in [2.05, 4.69) is 39.2 Å². The third-order valence-corrected chi connectivity index (χ3v) is 5.27. The molecule has 5 heteroatoms. The molecule has 0 saturated carbocycles. The van der Waals surface area contributed by atoms with Crippen molar-refractivity contribution in [3.63, 3.8) is 0 Å². The molecule has 0 saturated heterocycles. The summed E-state index contributed by atoms with van der Waals surface area (Å²) in [6, 6.07) is 0. The quantitative estimate of drug-likeness (QED) is 0.221. The van der Waals surface area contributed by atoms with Crippen molar-refractivity contribution in [1.82, 2.24) is 0 Å². The second-order valence-electron chi connectivity index (χ2n) is 7.38. The number of esters is 2. The van der Waals surface area contributed by atoms with Gasteiger partial charge in [0.05, 0.1) is 27.9 Å². The molecule has 0 atom stereocenters. The molecule has 0 rings (SSSR count). The fourth-order valence-electron chi connectivity index (χ4n) is 2.96. The predicted octanol–water partition coefficient (Wildman–Crippen LogP) is 5.37. The summed E-state index contributed by atoms with van der Waals surface area (Å²) < 4.78 is 9.67. The maximum atomic E-state index is 12.4. The first-order chi connectivity index (χ1) is 12.1. The summed E-state index contributed by atoms with van der Waals surface area (Å²) in [5, 5.41) is 0. The first-order valence-electron chi connectivity index (χ1n) is 9.47. The Labute approximate surface area is 160 Å². The zero-order valence-corrected chi connectivity index (χ0v) is 18.8. The number of methoxy groups -OCH3 is 2. The molecule has 0 amide bonds. The predicted molar refractivity (Wildman–Crippen MR) is 111 cm³/mol. The maximum Gasteiger partial charge on any atom is 0.338 e. The standard InChI is InChI=1S/C21H36O4Si/c1-9-12-13-16(15-26(6,7)8)17(10-2)18(11-3)19(21(23)25-5)14-20(22)24-4/h14-15H,9-13H2,1-8H3/b16-15+,18-17-,19-14-. The zero-order valence-electron chi connectivity index (χ0n) is 17.8. The van der Waals surface area contributed by atoms with Crippen molar-refractivity contribution in [3.8, 4) is 0 Å². The average Bonchev–Trinajstić information content (AvgIpc) is 2.59. The van der Waals surface area contributed by atoms with Crippen molar-refractivity contribution in [1.29, 1.82) is 0 Å². The first kappa shape index (κ1) is 24.4. The van der Waals surface area contributed by atoms with Crippen LogP contribution in [0, 0.1) is 0 Å². The summed E-state index contributed by atoms with van der Waals surface area (Å²) in [5.41, 5.74) is 6.07. The molecular formula is C21H36O4Si. The Hall–Kier alpha value is -1.62. The van der Waals surface area contributed by atoms with Crippen molar-refractivity contribution in [2.24, 2.45) is 0 Å². The molecule has 0 N–H and O–H groups in total. The largest absolute Gasteiger partial charge is 0.466 e. The minimum Gasteiger partial charge on any atom is -0.466 e. The SMILES string of the molecule is CCCCC(=C\[Si](C)(C)C)/C(CC)=C(CC)\C(=C\C(=O)OC)C(=O)OC. The normalized spacial score (nSPS) is 14.0. The van der Waals surface area contributed by atoms with Gasteiger partial charge in [-0.2, -0.15) is 0 Å². The van der Waals surface area contributed by atoms with E-state index in [0.717, 1.165) is 36.8 Å². The van der Waals surface area contributed by atoms with Crippen LogP contribution in [-0.2, 0) is 19.1 Å². The lowest BCUT2D eigenvalue weighted by Gasteiger charge is -2.21. The highest BCUT2D eigenvalue weighted by atomic mass is 28.3. The van der Waals surface area contributed by atoms with Crippen molar-refractivity contribution in [2.45, 2.75) is 72.5 Å². The van der Waals surface area contributed by atoms with E-state index in [-0.39, 0.29) is 0 Å². The Balaban J connectivity index is 6.54. The van der Waals surface area contributed by atoms with Crippen LogP contribution in [0.3, 0.4) is 0 Å². The second kappa shape index (κ2) is 11.9. The summed E-state index contributed by atoms with van der Waals surface area (Å²) in [6.45, 7) is 13.2. The van der Waals surface area contributed by atoms with Gasteiger partial charge in [0.25, 0.3) is 0 Å². The first-order valence-corrected chi connectivity index (χ1v) is 13.0. The highest BCUT2D eigenvalue weighted by molar-refractivity contribution is 6.81. The molecule has 0 aromatic carbocycles. The number of hydrogen-bond acceptors (Lipinski definition) is 4. The van der Waals surface area contributed by atoms with Gasteiger partial charge in [-0.1, -0.05) is 58.1 Å². The average molecular weight is 381 g/mol. The molecule has 148 valence electrons. The van der Waals surface area contributed by atoms with E-state index < -0.39 is 20.0 Å². The van der Waals surface area contributed by atoms with Crippen molar-refractivity contribution >= 4 is 20.0 Å². The molecular weight excluding hydrogens is 344 g/mol. The van der Waals surface area contributed by atoms with Crippen LogP contribution in [-0.4, -0.2) is 34.2 Å². The van der Waals surface area contributed by atoms with Gasteiger partial charge >= 0.3 is 11.9 Å². The molecule has 0 radical (unpaired) electrons. The molecule has 0 spiro atoms. The Morgan fingerprint density at radius 2 is 1.50 bits per heavy atom. The lowest BCUT2D eigenvalue weighted by Crippen LogP contribution is -2.18. The Morgan fingerprint density at radius 3 is 1.88 bits per heavy atom. The molecule has 0 aliphatic rings. The number of ether oxygens (including phenoxy) is 2. The molecule has 0 heterocycles. The highest BCUT2D eigenvalue weighted by Gasteiger charge is 2.22. The van der Waals surface area contributed by atoms with Gasteiger partial charge in [0.15, 0.2) is 0 Å². The van der Waals surface area contributed by atoms with E-state index in [0.29, 0.717) is 12.0 Å². The van der Waals surface area contributed by atoms with Crippen molar-refractivity contribution < 1.29 is 19.1 Å². The number of allylic oxidation sites excluding steroid dienone is 2. The van der Waals surface area contributed by atoms with E-state index in [1.54, 1.807) is 0 Å². The summed E-state index contributed by atoms with van der Waals surface area (Å²) >= 11 is 0. The van der Waals surface area contributed by atoms with Crippen LogP contribution in [0.4, 0.5) is 0 Å². The molecule has 0 unspecified atom stereocenters. The van der Waals surface area contributed by atoms with Crippen LogP contribution in [0.1, 0.15) is 52.9 Å². The molecule has 0 aromatic heterocycles. The Bertz CT molecular complexity index is 577. The molecule has 0 bridgehead atoms. The van der Waals surface area contributed by atoms with Crippen LogP contribution in [0.25, 0.3) is 0 Å². The van der Waals surface area contributed by atoms with Gasteiger partial charge in [-0.05, 0) is 36.8 Å². The third-order valence-electron chi connectivity index (χ3n) is 4.06. The lowest BCUT2D eigenvalue weighted by molar-refractivity contribution is -0.138. The third kappa shape index (κ3) is 8.17. The highest BCUT2D eigenvalue weighted by Crippen LogP contribution is 2.31. The number of carbonyl (C=O) groups is 2. The van der Waals surface area contributed by atoms with E-state index >= 15 is 0 Å². The number of hydrogen-bond donors (Lipinski definition) is 0. The second-order valence-corrected chi connectivity index (χ2v) is 12.4. The van der Waals surface area contributed by atoms with E-state index in [4.69, 9.17) is 9.47 Å². The Morgan fingerprint density at radius 1 is 0.923 bits per heavy atom. The van der Waals surface area contributed by atoms with Crippen LogP contribution in [0.2, 0.25) is 19.6 Å². The fourth-order valence-corrected chi connectivity index (χ4v) is 4.32. The van der Waals surface area contributed by atoms with E-state index in [9.17, 15) is 9.59 Å². The molecule has 26 heavy (non-hydrogen) atoms. The minimum absolute atomic E-state index is 0.302. The topological polar surface area (TPSA) is 52.6 Å². The van der Waals surface area contributed by atoms with Gasteiger partial charge in [-0.25, -0.2) is 9.59 Å². The minimum atomic E-state index is -1.44. The number of unbranched alkanes of at least 4 members (excludes halogenated alkanes) is 1. The maximum absolute atomic E-state index is 12.4. The van der Waals surface area contributed by atoms with Crippen LogP contribution >= 0.6 is 0 Å². The summed E-state index contributed by atoms with van der Waals surface area (Å²) in [4.78, 5) is 24.2. The molecule has 4 nitrogen and oxygen atoms in total. The summed E-state index contributed by atoms with van der Waals surface area (Å²) in [5.74, 6) is -1.04. The van der Waals surface area contributed by atoms with Crippen molar-refractivity contribution in [2.75, 3.05) is 14.2 Å². The van der Waals surface area contributed by atoms with Gasteiger partial charge in [-0.15, -0.1) is 0 Å².